The van der Waals surface area contributed by atoms with Gasteiger partial charge >= 0.3 is 0 Å². The topological polar surface area (TPSA) is 81.9 Å². The number of amides is 1. The molecule has 1 aromatic heterocycles. The normalized spacial score (nSPS) is 18.2. The smallest absolute Gasteiger partial charge is 0.239 e. The fourth-order valence-electron chi connectivity index (χ4n) is 4.42. The number of rotatable bonds is 6. The van der Waals surface area contributed by atoms with Crippen LogP contribution in [0.1, 0.15) is 32.5 Å². The van der Waals surface area contributed by atoms with Gasteiger partial charge in [0.05, 0.1) is 6.04 Å². The summed E-state index contributed by atoms with van der Waals surface area (Å²) in [6.07, 6.45) is 3.99. The fraction of sp³-hybridized carbons (Fsp3) is 0.565. The van der Waals surface area contributed by atoms with Gasteiger partial charge in [-0.3, -0.25) is 14.3 Å². The van der Waals surface area contributed by atoms with Gasteiger partial charge in [-0.15, -0.1) is 34.2 Å². The van der Waals surface area contributed by atoms with E-state index in [9.17, 15) is 4.79 Å². The Morgan fingerprint density at radius 2 is 1.76 bits per heavy atom. The van der Waals surface area contributed by atoms with Gasteiger partial charge in [0.25, 0.3) is 0 Å². The highest BCUT2D eigenvalue weighted by molar-refractivity contribution is 14.0. The largest absolute Gasteiger partial charge is 0.357 e. The second kappa shape index (κ2) is 12.3. The Hall–Kier alpha value is -2.21. The molecule has 2 aromatic rings. The van der Waals surface area contributed by atoms with Crippen molar-refractivity contribution < 1.29 is 4.79 Å². The molecule has 0 radical (unpaired) electrons. The van der Waals surface area contributed by atoms with Crippen molar-refractivity contribution in [3.05, 3.63) is 42.5 Å². The van der Waals surface area contributed by atoms with E-state index in [1.807, 2.05) is 46.7 Å². The molecule has 4 rings (SSSR count). The van der Waals surface area contributed by atoms with Crippen LogP contribution in [0.3, 0.4) is 0 Å². The van der Waals surface area contributed by atoms with Crippen molar-refractivity contribution in [2.24, 2.45) is 4.99 Å². The first kappa shape index (κ1) is 25.4. The predicted octanol–water partition coefficient (Wildman–Crippen LogP) is 1.98. The standard InChI is InChI=1S/C23H34N8O.HI/c1-3-24-23(25-17-21-27-26-18-31(21)20-9-5-4-6-10-20)30-15-13-28(14-16-30)19(2)22(32)29-11-7-8-12-29;/h4-6,9-10,18-19H,3,7-8,11-17H2,1-2H3,(H,24,25);1H. The molecule has 1 aromatic carbocycles. The van der Waals surface area contributed by atoms with Crippen molar-refractivity contribution in [3.63, 3.8) is 0 Å². The molecule has 2 fully saturated rings. The number of aromatic nitrogens is 3. The molecule has 10 heteroatoms. The van der Waals surface area contributed by atoms with Crippen LogP contribution in [0.5, 0.6) is 0 Å². The second-order valence-electron chi connectivity index (χ2n) is 8.35. The highest BCUT2D eigenvalue weighted by atomic mass is 127. The highest BCUT2D eigenvalue weighted by Crippen LogP contribution is 2.14. The minimum Gasteiger partial charge on any atom is -0.357 e. The fourth-order valence-corrected chi connectivity index (χ4v) is 4.42. The minimum atomic E-state index is -0.0563. The maximum absolute atomic E-state index is 12.8. The third-order valence-electron chi connectivity index (χ3n) is 6.29. The van der Waals surface area contributed by atoms with E-state index in [1.165, 1.54) is 0 Å². The minimum absolute atomic E-state index is 0. The van der Waals surface area contributed by atoms with E-state index >= 15 is 0 Å². The molecule has 2 aliphatic rings. The zero-order valence-corrected chi connectivity index (χ0v) is 21.9. The third-order valence-corrected chi connectivity index (χ3v) is 6.29. The Kier molecular flexibility index (Phi) is 9.48. The number of halogens is 1. The van der Waals surface area contributed by atoms with E-state index in [-0.39, 0.29) is 35.9 Å². The number of nitrogens with one attached hydrogen (secondary N) is 1. The maximum Gasteiger partial charge on any atom is 0.239 e. The molecule has 2 saturated heterocycles. The lowest BCUT2D eigenvalue weighted by Gasteiger charge is -2.39. The summed E-state index contributed by atoms with van der Waals surface area (Å²) in [5.41, 5.74) is 1.03. The molecule has 180 valence electrons. The third kappa shape index (κ3) is 6.23. The van der Waals surface area contributed by atoms with Crippen LogP contribution in [-0.2, 0) is 11.3 Å². The summed E-state index contributed by atoms with van der Waals surface area (Å²) in [4.78, 5) is 24.2. The van der Waals surface area contributed by atoms with E-state index in [0.717, 1.165) is 76.1 Å². The molecular weight excluding hydrogens is 531 g/mol. The van der Waals surface area contributed by atoms with Crippen LogP contribution in [0, 0.1) is 0 Å². The lowest BCUT2D eigenvalue weighted by atomic mass is 10.2. The number of para-hydroxylation sites is 1. The summed E-state index contributed by atoms with van der Waals surface area (Å²) in [5.74, 6) is 1.96. The van der Waals surface area contributed by atoms with Crippen molar-refractivity contribution in [2.45, 2.75) is 39.3 Å². The van der Waals surface area contributed by atoms with E-state index < -0.39 is 0 Å². The van der Waals surface area contributed by atoms with Gasteiger partial charge in [-0.25, -0.2) is 4.99 Å². The van der Waals surface area contributed by atoms with Crippen molar-refractivity contribution >= 4 is 35.8 Å². The average Bonchev–Trinajstić information content (AvgIpc) is 3.54. The van der Waals surface area contributed by atoms with Gasteiger partial charge in [0.15, 0.2) is 11.8 Å². The van der Waals surface area contributed by atoms with Gasteiger partial charge in [0, 0.05) is 51.5 Å². The number of aliphatic imine (C=N–C) groups is 1. The zero-order chi connectivity index (χ0) is 22.3. The Morgan fingerprint density at radius 3 is 2.42 bits per heavy atom. The summed E-state index contributed by atoms with van der Waals surface area (Å²) >= 11 is 0. The predicted molar refractivity (Wildman–Crippen MR) is 140 cm³/mol. The maximum atomic E-state index is 12.8. The van der Waals surface area contributed by atoms with Crippen LogP contribution in [-0.4, -0.2) is 93.2 Å². The molecule has 0 spiro atoms. The number of hydrogen-bond donors (Lipinski definition) is 1. The number of carbonyl (C=O) groups is 1. The van der Waals surface area contributed by atoms with Crippen LogP contribution in [0.15, 0.2) is 41.7 Å². The van der Waals surface area contributed by atoms with Gasteiger partial charge in [-0.05, 0) is 38.8 Å². The Morgan fingerprint density at radius 1 is 1.06 bits per heavy atom. The zero-order valence-electron chi connectivity index (χ0n) is 19.6. The second-order valence-corrected chi connectivity index (χ2v) is 8.35. The van der Waals surface area contributed by atoms with Crippen LogP contribution in [0.4, 0.5) is 0 Å². The number of piperazine rings is 1. The lowest BCUT2D eigenvalue weighted by molar-refractivity contribution is -0.135. The monoisotopic (exact) mass is 566 g/mol. The molecule has 0 saturated carbocycles. The van der Waals surface area contributed by atoms with Crippen LogP contribution in [0.2, 0.25) is 0 Å². The van der Waals surface area contributed by atoms with Gasteiger partial charge < -0.3 is 15.1 Å². The molecule has 33 heavy (non-hydrogen) atoms. The number of carbonyl (C=O) groups excluding carboxylic acids is 1. The number of hydrogen-bond acceptors (Lipinski definition) is 5. The number of nitrogens with zero attached hydrogens (tertiary/aromatic N) is 7. The van der Waals surface area contributed by atoms with Crippen molar-refractivity contribution in [2.75, 3.05) is 45.8 Å². The molecule has 1 amide bonds. The summed E-state index contributed by atoms with van der Waals surface area (Å²) in [6, 6.07) is 10.0. The van der Waals surface area contributed by atoms with Crippen molar-refractivity contribution in [3.8, 4) is 5.69 Å². The molecular formula is C23H35IN8O. The Bertz CT molecular complexity index is 904. The summed E-state index contributed by atoms with van der Waals surface area (Å²) < 4.78 is 1.97. The van der Waals surface area contributed by atoms with Crippen LogP contribution < -0.4 is 5.32 Å². The quantitative estimate of drug-likeness (QED) is 0.327. The average molecular weight is 566 g/mol. The summed E-state index contributed by atoms with van der Waals surface area (Å²) in [7, 11) is 0. The molecule has 1 unspecified atom stereocenters. The van der Waals surface area contributed by atoms with E-state index in [2.05, 4.69) is 32.2 Å². The summed E-state index contributed by atoms with van der Waals surface area (Å²) in [6.45, 7) is 10.6. The molecule has 0 bridgehead atoms. The van der Waals surface area contributed by atoms with Gasteiger partial charge in [-0.2, -0.15) is 0 Å². The molecule has 9 nitrogen and oxygen atoms in total. The molecule has 0 aliphatic carbocycles. The number of guanidine groups is 1. The lowest BCUT2D eigenvalue weighted by Crippen LogP contribution is -2.57. The Labute approximate surface area is 213 Å². The number of benzene rings is 1. The van der Waals surface area contributed by atoms with E-state index in [1.54, 1.807) is 6.33 Å². The number of likely N-dealkylation sites (tertiary alicyclic amines) is 1. The van der Waals surface area contributed by atoms with E-state index in [0.29, 0.717) is 6.54 Å². The molecule has 2 aliphatic heterocycles. The van der Waals surface area contributed by atoms with Crippen molar-refractivity contribution in [1.29, 1.82) is 0 Å². The molecule has 1 atom stereocenters. The van der Waals surface area contributed by atoms with Gasteiger partial charge in [0.1, 0.15) is 12.9 Å². The molecule has 3 heterocycles. The first-order valence-electron chi connectivity index (χ1n) is 11.7. The summed E-state index contributed by atoms with van der Waals surface area (Å²) in [5, 5.41) is 11.8. The SMILES string of the molecule is CCNC(=NCc1nncn1-c1ccccc1)N1CCN(C(C)C(=O)N2CCCC2)CC1.I. The first-order chi connectivity index (χ1) is 15.7. The van der Waals surface area contributed by atoms with E-state index in [4.69, 9.17) is 4.99 Å². The van der Waals surface area contributed by atoms with Gasteiger partial charge in [-0.1, -0.05) is 18.2 Å². The molecule has 1 N–H and O–H groups in total. The first-order valence-corrected chi connectivity index (χ1v) is 11.7. The van der Waals surface area contributed by atoms with Gasteiger partial charge in [0.2, 0.25) is 5.91 Å². The van der Waals surface area contributed by atoms with Crippen LogP contribution in [0.25, 0.3) is 5.69 Å². The van der Waals surface area contributed by atoms with Crippen LogP contribution >= 0.6 is 24.0 Å². The Balaban J connectivity index is 0.00000306. The highest BCUT2D eigenvalue weighted by Gasteiger charge is 2.30. The van der Waals surface area contributed by atoms with Crippen molar-refractivity contribution in [1.82, 2.24) is 34.8 Å².